The standard InChI is InChI=1S/C7H12O2/c1-4-5-9-7(8)6(2)3/h2,4-5H2,1,3H3/i2D. The molecule has 9 heavy (non-hydrogen) atoms. The quantitative estimate of drug-likeness (QED) is 0.426. The van der Waals surface area contributed by atoms with E-state index in [1.807, 2.05) is 6.92 Å². The maximum atomic E-state index is 10.7. The highest BCUT2D eigenvalue weighted by Crippen LogP contribution is 1.91. The van der Waals surface area contributed by atoms with Crippen molar-refractivity contribution in [3.63, 3.8) is 0 Å². The molecule has 0 unspecified atom stereocenters. The monoisotopic (exact) mass is 129 g/mol. The van der Waals surface area contributed by atoms with Crippen LogP contribution in [0.2, 0.25) is 0 Å². The minimum Gasteiger partial charge on any atom is -0.462 e. The fourth-order valence-corrected chi connectivity index (χ4v) is 0.309. The molecule has 0 aromatic carbocycles. The predicted octanol–water partition coefficient (Wildman–Crippen LogP) is 1.52. The summed E-state index contributed by atoms with van der Waals surface area (Å²) in [4.78, 5) is 10.7. The van der Waals surface area contributed by atoms with Crippen LogP contribution in [0.25, 0.3) is 0 Å². The average Bonchev–Trinajstić information content (AvgIpc) is 1.98. The smallest absolute Gasteiger partial charge is 0.333 e. The van der Waals surface area contributed by atoms with E-state index >= 15 is 0 Å². The van der Waals surface area contributed by atoms with Gasteiger partial charge < -0.3 is 4.74 Å². The van der Waals surface area contributed by atoms with Gasteiger partial charge in [-0.15, -0.1) is 0 Å². The Hall–Kier alpha value is -0.790. The molecule has 2 nitrogen and oxygen atoms in total. The van der Waals surface area contributed by atoms with Gasteiger partial charge in [0, 0.05) is 5.57 Å². The van der Waals surface area contributed by atoms with Crippen LogP contribution in [0.1, 0.15) is 21.6 Å². The van der Waals surface area contributed by atoms with E-state index in [0.717, 1.165) is 13.0 Å². The first kappa shape index (κ1) is 6.33. The van der Waals surface area contributed by atoms with Crippen molar-refractivity contribution >= 4 is 5.97 Å². The fourth-order valence-electron chi connectivity index (χ4n) is 0.309. The molecule has 0 saturated heterocycles. The zero-order chi connectivity index (χ0) is 7.98. The molecule has 0 saturated carbocycles. The van der Waals surface area contributed by atoms with E-state index in [2.05, 4.69) is 0 Å². The Bertz CT molecular complexity index is 141. The third-order valence-corrected chi connectivity index (χ3v) is 0.759. The normalized spacial score (nSPS) is 12.7. The van der Waals surface area contributed by atoms with E-state index in [4.69, 9.17) is 6.11 Å². The van der Waals surface area contributed by atoms with E-state index in [1.54, 1.807) is 6.92 Å². The van der Waals surface area contributed by atoms with Crippen molar-refractivity contribution in [3.05, 3.63) is 12.1 Å². The summed E-state index contributed by atoms with van der Waals surface area (Å²) < 4.78 is 11.4. The molecule has 0 amide bonds. The van der Waals surface area contributed by atoms with Crippen LogP contribution >= 0.6 is 0 Å². The van der Waals surface area contributed by atoms with Gasteiger partial charge in [-0.1, -0.05) is 13.5 Å². The topological polar surface area (TPSA) is 26.3 Å². The maximum Gasteiger partial charge on any atom is 0.333 e. The van der Waals surface area contributed by atoms with Gasteiger partial charge in [0.25, 0.3) is 0 Å². The van der Waals surface area contributed by atoms with Gasteiger partial charge in [-0.3, -0.25) is 0 Å². The van der Waals surface area contributed by atoms with Crippen LogP contribution in [0.5, 0.6) is 0 Å². The van der Waals surface area contributed by atoms with Gasteiger partial charge in [0.05, 0.1) is 7.98 Å². The summed E-state index contributed by atoms with van der Waals surface area (Å²) in [5.74, 6) is -0.392. The van der Waals surface area contributed by atoms with Gasteiger partial charge in [0.2, 0.25) is 0 Å². The number of esters is 1. The van der Waals surface area contributed by atoms with Gasteiger partial charge >= 0.3 is 5.97 Å². The van der Waals surface area contributed by atoms with Crippen molar-refractivity contribution in [2.75, 3.05) is 6.61 Å². The minimum absolute atomic E-state index is 0.341. The van der Waals surface area contributed by atoms with Crippen LogP contribution < -0.4 is 0 Å². The van der Waals surface area contributed by atoms with Gasteiger partial charge in [0.1, 0.15) is 0 Å². The molecule has 0 aliphatic rings. The van der Waals surface area contributed by atoms with Crippen molar-refractivity contribution in [1.82, 2.24) is 0 Å². The number of rotatable bonds is 3. The van der Waals surface area contributed by atoms with Crippen LogP contribution in [0.4, 0.5) is 0 Å². The molecule has 52 valence electrons. The second-order valence-electron chi connectivity index (χ2n) is 1.82. The first-order valence-electron chi connectivity index (χ1n) is 3.52. The molecule has 0 N–H and O–H groups in total. The third-order valence-electron chi connectivity index (χ3n) is 0.759. The molecule has 0 heterocycles. The highest BCUT2D eigenvalue weighted by Gasteiger charge is 1.99. The first-order valence-corrected chi connectivity index (χ1v) is 2.94. The average molecular weight is 129 g/mol. The van der Waals surface area contributed by atoms with Gasteiger partial charge in [-0.25, -0.2) is 4.79 Å². The van der Waals surface area contributed by atoms with E-state index in [0.29, 0.717) is 12.2 Å². The van der Waals surface area contributed by atoms with Crippen LogP contribution in [-0.2, 0) is 9.53 Å². The lowest BCUT2D eigenvalue weighted by Crippen LogP contribution is -2.04. The Kier molecular flexibility index (Phi) is 2.90. The Balaban J connectivity index is 3.63. The maximum absolute atomic E-state index is 10.7. The van der Waals surface area contributed by atoms with Crippen molar-refractivity contribution in [2.45, 2.75) is 20.3 Å². The van der Waals surface area contributed by atoms with E-state index < -0.39 is 5.97 Å². The third kappa shape index (κ3) is 3.76. The van der Waals surface area contributed by atoms with Crippen LogP contribution in [-0.4, -0.2) is 12.6 Å². The number of carbonyl (C=O) groups excluding carboxylic acids is 1. The molecule has 0 aromatic heterocycles. The van der Waals surface area contributed by atoms with Gasteiger partial charge in [0.15, 0.2) is 0 Å². The van der Waals surface area contributed by atoms with Crippen LogP contribution in [0.3, 0.4) is 0 Å². The fraction of sp³-hybridized carbons (Fsp3) is 0.571. The summed E-state index contributed by atoms with van der Waals surface area (Å²) in [6.07, 6.45) is 0.816. The highest BCUT2D eigenvalue weighted by molar-refractivity contribution is 5.86. The molecule has 0 aromatic rings. The Labute approximate surface area is 56.9 Å². The predicted molar refractivity (Wildman–Crippen MR) is 36.1 cm³/mol. The summed E-state index contributed by atoms with van der Waals surface area (Å²) in [5, 5.41) is 0. The van der Waals surface area contributed by atoms with Crippen molar-refractivity contribution in [2.24, 2.45) is 0 Å². The number of hydrogen-bond acceptors (Lipinski definition) is 2. The number of hydrogen-bond donors (Lipinski definition) is 0. The van der Waals surface area contributed by atoms with Crippen molar-refractivity contribution < 1.29 is 10.9 Å². The van der Waals surface area contributed by atoms with Crippen molar-refractivity contribution in [1.29, 1.82) is 0 Å². The lowest BCUT2D eigenvalue weighted by Gasteiger charge is -1.99. The molecule has 0 aliphatic carbocycles. The SMILES string of the molecule is [2H]C=C(C)C(=O)OCCC. The van der Waals surface area contributed by atoms with E-state index in [-0.39, 0.29) is 0 Å². The Morgan fingerprint density at radius 2 is 2.56 bits per heavy atom. The molecule has 0 spiro atoms. The van der Waals surface area contributed by atoms with E-state index in [1.165, 1.54) is 0 Å². The van der Waals surface area contributed by atoms with Crippen LogP contribution in [0.15, 0.2) is 12.1 Å². The molecule has 0 radical (unpaired) electrons. The van der Waals surface area contributed by atoms with E-state index in [9.17, 15) is 4.79 Å². The second-order valence-corrected chi connectivity index (χ2v) is 1.82. The minimum atomic E-state index is -0.392. The zero-order valence-corrected chi connectivity index (χ0v) is 5.81. The van der Waals surface area contributed by atoms with Crippen LogP contribution in [0, 0.1) is 0 Å². The molecule has 2 heteroatoms. The van der Waals surface area contributed by atoms with Gasteiger partial charge in [-0.2, -0.15) is 0 Å². The lowest BCUT2D eigenvalue weighted by molar-refractivity contribution is -0.138. The molecule has 0 bridgehead atoms. The zero-order valence-electron chi connectivity index (χ0n) is 6.81. The Morgan fingerprint density at radius 1 is 1.89 bits per heavy atom. The lowest BCUT2D eigenvalue weighted by atomic mass is 10.4. The first-order chi connectivity index (χ1) is 4.72. The molecule has 0 atom stereocenters. The highest BCUT2D eigenvalue weighted by atomic mass is 16.5. The Morgan fingerprint density at radius 3 is 3.00 bits per heavy atom. The summed E-state index contributed by atoms with van der Waals surface area (Å²) >= 11 is 0. The summed E-state index contributed by atoms with van der Waals surface area (Å²) in [6.45, 7) is 4.92. The number of carbonyl (C=O) groups is 1. The summed E-state index contributed by atoms with van der Waals surface area (Å²) in [7, 11) is 0. The molecule has 0 aliphatic heterocycles. The second kappa shape index (κ2) is 4.13. The van der Waals surface area contributed by atoms with Gasteiger partial charge in [-0.05, 0) is 13.3 Å². The molecular formula is C7H12O2. The largest absolute Gasteiger partial charge is 0.462 e. The molecule has 0 rings (SSSR count). The summed E-state index contributed by atoms with van der Waals surface area (Å²) in [5.41, 5.74) is 0.341. The molecule has 0 fully saturated rings. The number of ether oxygens (including phenoxy) is 1. The van der Waals surface area contributed by atoms with Crippen molar-refractivity contribution in [3.8, 4) is 0 Å². The molecular weight excluding hydrogens is 116 g/mol. The summed E-state index contributed by atoms with van der Waals surface area (Å²) in [6, 6.07) is 0.